The van der Waals surface area contributed by atoms with Gasteiger partial charge in [0, 0.05) is 191 Å². The summed E-state index contributed by atoms with van der Waals surface area (Å²) in [5.74, 6) is 3.78. The van der Waals surface area contributed by atoms with Crippen LogP contribution >= 0.6 is 130 Å². The number of halogens is 9. The van der Waals surface area contributed by atoms with E-state index >= 15 is 0 Å². The van der Waals surface area contributed by atoms with Crippen molar-refractivity contribution in [2.45, 2.75) is 205 Å². The van der Waals surface area contributed by atoms with Crippen LogP contribution in [0, 0.1) is 35.5 Å². The van der Waals surface area contributed by atoms with Gasteiger partial charge in [0.25, 0.3) is 0 Å². The lowest BCUT2D eigenvalue weighted by Gasteiger charge is -2.38. The Bertz CT molecular complexity index is 4860. The Kier molecular flexibility index (Phi) is 39.3. The number of amides is 6. The number of benzene rings is 3. The van der Waals surface area contributed by atoms with Crippen LogP contribution < -0.4 is 10.6 Å². The van der Waals surface area contributed by atoms with Crippen LogP contribution in [-0.2, 0) is 76.7 Å². The molecule has 128 heavy (non-hydrogen) atoms. The van der Waals surface area contributed by atoms with Crippen LogP contribution in [-0.4, -0.2) is 236 Å². The number of nitrogens with one attached hydrogen (secondary N) is 2. The van der Waals surface area contributed by atoms with E-state index < -0.39 is 17.7 Å². The summed E-state index contributed by atoms with van der Waals surface area (Å²) in [6, 6.07) is 18.3. The van der Waals surface area contributed by atoms with Crippen LogP contribution in [0.2, 0.25) is 15.1 Å². The highest BCUT2D eigenvalue weighted by molar-refractivity contribution is 9.11. The van der Waals surface area contributed by atoms with Crippen LogP contribution in [0.15, 0.2) is 105 Å². The first-order chi connectivity index (χ1) is 61.4. The molecule has 0 saturated carbocycles. The van der Waals surface area contributed by atoms with Gasteiger partial charge in [-0.25, -0.2) is 4.79 Å². The summed E-state index contributed by atoms with van der Waals surface area (Å²) >= 11 is 41.8. The summed E-state index contributed by atoms with van der Waals surface area (Å²) in [6.07, 6.45) is 25.8. The minimum absolute atomic E-state index is 0.0855. The van der Waals surface area contributed by atoms with Crippen molar-refractivity contribution in [2.24, 2.45) is 40.5 Å². The highest BCUT2D eigenvalue weighted by Gasteiger charge is 2.43. The predicted octanol–water partition coefficient (Wildman–Crippen LogP) is 18.9. The van der Waals surface area contributed by atoms with Crippen LogP contribution in [0.1, 0.15) is 216 Å². The van der Waals surface area contributed by atoms with E-state index in [1.54, 1.807) is 27.1 Å². The molecule has 3 aromatic heterocycles. The molecule has 5 atom stereocenters. The maximum Gasteiger partial charge on any atom is 0.410 e. The summed E-state index contributed by atoms with van der Waals surface area (Å²) in [5, 5.41) is 15.7. The Morgan fingerprint density at radius 2 is 0.828 bits per heavy atom. The molecule has 7 fully saturated rings. The van der Waals surface area contributed by atoms with Gasteiger partial charge in [0.15, 0.2) is 0 Å². The first kappa shape index (κ1) is 103. The molecule has 10 aliphatic rings. The molecule has 2 unspecified atom stereocenters. The molecule has 3 N–H and O–H groups in total. The number of aliphatic hydroxyl groups is 1. The number of rotatable bonds is 14. The van der Waals surface area contributed by atoms with Gasteiger partial charge in [0.1, 0.15) is 18.4 Å². The SMILES string of the molecule is C=O.CC(C(=O)N1CCC(CC(=O)N2CCC([C@H]3c4ncc(Br)cc4CCc4cc(Cl)cc(Br)c43)CC2)CC1)N(C)C(=O)OC(C)(C)C.CN=CB1CO1.CNC(C)C(=O)N1CCC(CC(=O)N2CCC([C@H]3c4ncc(Br)cc4CCc4cc(Cl)cc(Br)c43)CC2)CC1.CO.O=C(CC1CCNCC1)N1CCC([C@H]2c3ncc(Br)cc3CCc3cc(Cl)cc(Br)c32)CC1. The molecule has 22 nitrogen and oxygen atoms in total. The third-order valence-corrected chi connectivity index (χ3v) is 31.1. The molecule has 6 amide bonds. The van der Waals surface area contributed by atoms with Crippen LogP contribution in [0.25, 0.3) is 0 Å². The maximum absolute atomic E-state index is 13.5. The molecule has 0 bridgehead atoms. The molecular formula is C96H124BBr6Cl3N12O10. The summed E-state index contributed by atoms with van der Waals surface area (Å²) < 4.78 is 16.4. The topological polar surface area (TPSA) is 256 Å². The zero-order valence-corrected chi connectivity index (χ0v) is 87.0. The summed E-state index contributed by atoms with van der Waals surface area (Å²) in [4.78, 5) is 116. The number of nitrogens with zero attached hydrogens (tertiary/aromatic N) is 10. The molecule has 7 saturated heterocycles. The van der Waals surface area contributed by atoms with Crippen molar-refractivity contribution < 1.29 is 48.1 Å². The molecule has 3 aromatic carbocycles. The second kappa shape index (κ2) is 48.8. The van der Waals surface area contributed by atoms with Crippen LogP contribution in [0.5, 0.6) is 0 Å². The van der Waals surface area contributed by atoms with E-state index in [0.717, 1.165) is 242 Å². The monoisotopic (exact) mass is 2190 g/mol. The van der Waals surface area contributed by atoms with E-state index in [2.05, 4.69) is 157 Å². The Hall–Kier alpha value is -5.28. The van der Waals surface area contributed by atoms with Gasteiger partial charge >= 0.3 is 13.0 Å². The molecule has 0 spiro atoms. The predicted molar refractivity (Wildman–Crippen MR) is 530 cm³/mol. The number of piperidine rings is 6. The molecule has 10 heterocycles. The maximum atomic E-state index is 13.5. The number of hydrogen-bond donors (Lipinski definition) is 3. The Balaban J connectivity index is 0.000000178. The fourth-order valence-electron chi connectivity index (χ4n) is 20.1. The smallest absolute Gasteiger partial charge is 0.410 e. The summed E-state index contributed by atoms with van der Waals surface area (Å²) in [7, 11) is 6.17. The average Bonchev–Trinajstić information content (AvgIpc) is 1.57. The van der Waals surface area contributed by atoms with Gasteiger partial charge in [-0.1, -0.05) is 82.6 Å². The first-order valence-electron chi connectivity index (χ1n) is 45.3. The fourth-order valence-corrected chi connectivity index (χ4v) is 24.6. The number of aliphatic imine (C=N–C) groups is 1. The molecule has 3 aliphatic carbocycles. The largest absolute Gasteiger partial charge is 0.444 e. The summed E-state index contributed by atoms with van der Waals surface area (Å²) in [6.45, 7) is 21.8. The highest BCUT2D eigenvalue weighted by atomic mass is 79.9. The van der Waals surface area contributed by atoms with Crippen molar-refractivity contribution in [3.8, 4) is 0 Å². The van der Waals surface area contributed by atoms with E-state index in [0.29, 0.717) is 74.8 Å². The lowest BCUT2D eigenvalue weighted by molar-refractivity contribution is -0.138. The van der Waals surface area contributed by atoms with Crippen molar-refractivity contribution in [1.82, 2.24) is 55.0 Å². The number of likely N-dealkylation sites (tertiary alicyclic amines) is 5. The summed E-state index contributed by atoms with van der Waals surface area (Å²) in [5.41, 5.74) is 14.6. The number of aromatic nitrogens is 3. The molecular weight excluding hydrogens is 2080 g/mol. The fraction of sp³-hybridized carbons (Fsp3) is 0.573. The van der Waals surface area contributed by atoms with Gasteiger partial charge < -0.3 is 59.4 Å². The standard InChI is InChI=1S/C35H45Br2ClN4O4.C30H37Br2ClN4O2.C26H30Br2ClN3O.C3H6BNO.CH4O.CH2O/c1-21(40(5)34(45)46-35(2,3)4)33(44)42-12-8-22(9-13-42)16-29(43)41-14-10-23(11-15-41)31-30-24(18-27(38)19-28(30)37)6-7-25-17-26(36)20-39-32(25)31;1-18(34-2)30(39)37-9-5-19(6-10-37)13-26(38)36-11-7-20(8-12-36)28-27-21(15-24(33)16-25(27)32)3-4-22-14-23(31)17-35-29(22)28;27-20-12-19-2-1-18-13-21(29)14-22(28)24(18)25(26(19)31-15-20)17-5-9-32(10-6-17)23(33)11-16-3-7-30-8-4-16;1-5-2-4-3-6-4;2*1-2/h17-23,31H,6-16H2,1-5H3;14-20,28,34H,3-13H2,1-2H3;12-17,25,30H,1-11H2;2H,3H2,1H3;2H,1H3;1H2/t21?,31-;18?,28-;25-;;;/m111.../s1. The van der Waals surface area contributed by atoms with Crippen molar-refractivity contribution in [3.63, 3.8) is 0 Å². The molecule has 694 valence electrons. The van der Waals surface area contributed by atoms with Crippen LogP contribution in [0.4, 0.5) is 4.79 Å². The quantitative estimate of drug-likeness (QED) is 0.0520. The average molecular weight is 2200 g/mol. The lowest BCUT2D eigenvalue weighted by atomic mass is 9.76. The Labute approximate surface area is 822 Å². The van der Waals surface area contributed by atoms with Gasteiger partial charge in [-0.3, -0.25) is 43.8 Å². The van der Waals surface area contributed by atoms with Crippen LogP contribution in [0.3, 0.4) is 0 Å². The zero-order chi connectivity index (χ0) is 92.4. The third-order valence-electron chi connectivity index (χ3n) is 27.1. The second-order valence-electron chi connectivity index (χ2n) is 36.5. The number of carbonyl (C=O) groups is 7. The molecule has 16 rings (SSSR count). The number of fused-ring (bicyclic) bond motifs is 6. The lowest BCUT2D eigenvalue weighted by Crippen LogP contribution is -2.51. The molecule has 0 radical (unpaired) electrons. The Morgan fingerprint density at radius 1 is 0.523 bits per heavy atom. The van der Waals surface area contributed by atoms with Gasteiger partial charge in [0.05, 0.1) is 23.1 Å². The minimum Gasteiger partial charge on any atom is -0.444 e. The van der Waals surface area contributed by atoms with Crippen molar-refractivity contribution in [3.05, 3.63) is 182 Å². The van der Waals surface area contributed by atoms with Gasteiger partial charge in [-0.2, -0.15) is 0 Å². The number of aryl methyl sites for hydroxylation is 6. The van der Waals surface area contributed by atoms with E-state index in [1.807, 2.05) is 93.0 Å². The van der Waals surface area contributed by atoms with Crippen molar-refractivity contribution in [2.75, 3.05) is 113 Å². The molecule has 7 aliphatic heterocycles. The number of aliphatic hydroxyl groups excluding tert-OH is 1. The number of pyridine rings is 3. The second-order valence-corrected chi connectivity index (χ2v) is 43.1. The van der Waals surface area contributed by atoms with Crippen molar-refractivity contribution >= 4 is 186 Å². The number of ether oxygens (including phenoxy) is 1. The third kappa shape index (κ3) is 27.3. The van der Waals surface area contributed by atoms with E-state index in [9.17, 15) is 28.8 Å². The number of hydrogen-bond acceptors (Lipinski definition) is 16. The van der Waals surface area contributed by atoms with Crippen molar-refractivity contribution in [1.29, 1.82) is 0 Å². The normalized spacial score (nSPS) is 20.3. The number of carbonyl (C=O) groups excluding carboxylic acids is 7. The number of likely N-dealkylation sites (N-methyl/N-ethyl adjacent to an activating group) is 2. The van der Waals surface area contributed by atoms with E-state index in [-0.39, 0.29) is 53.3 Å². The minimum atomic E-state index is -0.624. The Morgan fingerprint density at radius 3 is 1.12 bits per heavy atom. The molecule has 32 heteroatoms. The van der Waals surface area contributed by atoms with Gasteiger partial charge in [0.2, 0.25) is 29.5 Å². The van der Waals surface area contributed by atoms with E-state index in [4.69, 9.17) is 69.0 Å². The van der Waals surface area contributed by atoms with Gasteiger partial charge in [-0.15, -0.1) is 0 Å². The molecule has 6 aromatic rings. The highest BCUT2D eigenvalue weighted by Crippen LogP contribution is 2.51. The zero-order valence-electron chi connectivity index (χ0n) is 75.2. The van der Waals surface area contributed by atoms with Gasteiger partial charge in [-0.05, 0) is 364 Å². The first-order valence-corrected chi connectivity index (χ1v) is 51.2. The van der Waals surface area contributed by atoms with E-state index in [1.165, 1.54) is 66.4 Å².